The number of ether oxygens (including phenoxy) is 1. The van der Waals surface area contributed by atoms with Crippen molar-refractivity contribution in [1.82, 2.24) is 0 Å². The van der Waals surface area contributed by atoms with Gasteiger partial charge in [0.25, 0.3) is 5.91 Å². The Morgan fingerprint density at radius 1 is 1.15 bits per heavy atom. The standard InChI is InChI=1S/C19H16ClFN2O3S/c20-14-2-8-17(9-3-14)27-13-19(25)26-12-18(24)23(11-1-10-22)16-6-4-15(21)5-7-16/h2-9H,1,11-13H2. The van der Waals surface area contributed by atoms with Gasteiger partial charge in [-0.3, -0.25) is 9.59 Å². The number of hydrogen-bond acceptors (Lipinski definition) is 5. The van der Waals surface area contributed by atoms with Crippen molar-refractivity contribution in [2.75, 3.05) is 23.8 Å². The van der Waals surface area contributed by atoms with Crippen LogP contribution in [0.1, 0.15) is 6.42 Å². The van der Waals surface area contributed by atoms with Crippen LogP contribution in [0.3, 0.4) is 0 Å². The number of nitrogens with zero attached hydrogens (tertiary/aromatic N) is 2. The largest absolute Gasteiger partial charge is 0.455 e. The average Bonchev–Trinajstić information content (AvgIpc) is 2.67. The van der Waals surface area contributed by atoms with Crippen LogP contribution in [0.2, 0.25) is 5.02 Å². The molecular formula is C19H16ClFN2O3S. The van der Waals surface area contributed by atoms with Gasteiger partial charge in [0.1, 0.15) is 5.82 Å². The Morgan fingerprint density at radius 2 is 1.81 bits per heavy atom. The lowest BCUT2D eigenvalue weighted by atomic mass is 10.2. The summed E-state index contributed by atoms with van der Waals surface area (Å²) in [4.78, 5) is 26.4. The van der Waals surface area contributed by atoms with Gasteiger partial charge >= 0.3 is 5.97 Å². The lowest BCUT2D eigenvalue weighted by Crippen LogP contribution is -2.35. The van der Waals surface area contributed by atoms with E-state index in [-0.39, 0.29) is 18.7 Å². The molecule has 0 aliphatic carbocycles. The lowest BCUT2D eigenvalue weighted by Gasteiger charge is -2.21. The summed E-state index contributed by atoms with van der Waals surface area (Å²) in [7, 11) is 0. The summed E-state index contributed by atoms with van der Waals surface area (Å²) >= 11 is 7.07. The minimum Gasteiger partial charge on any atom is -0.455 e. The summed E-state index contributed by atoms with van der Waals surface area (Å²) in [5, 5.41) is 9.36. The number of amides is 1. The molecule has 0 unspecified atom stereocenters. The predicted octanol–water partition coefficient (Wildman–Crippen LogP) is 4.06. The van der Waals surface area contributed by atoms with Crippen LogP contribution in [0, 0.1) is 17.1 Å². The van der Waals surface area contributed by atoms with Gasteiger partial charge in [0.2, 0.25) is 0 Å². The molecule has 0 spiro atoms. The first-order valence-corrected chi connectivity index (χ1v) is 9.33. The highest BCUT2D eigenvalue weighted by molar-refractivity contribution is 8.00. The Labute approximate surface area is 165 Å². The minimum absolute atomic E-state index is 0.0453. The molecule has 0 saturated heterocycles. The molecule has 0 radical (unpaired) electrons. The number of carbonyl (C=O) groups is 2. The van der Waals surface area contributed by atoms with Crippen LogP contribution in [-0.4, -0.2) is 30.8 Å². The molecule has 27 heavy (non-hydrogen) atoms. The van der Waals surface area contributed by atoms with Crippen molar-refractivity contribution in [3.05, 3.63) is 59.4 Å². The summed E-state index contributed by atoms with van der Waals surface area (Å²) in [6, 6.07) is 14.3. The number of benzene rings is 2. The zero-order valence-electron chi connectivity index (χ0n) is 14.2. The molecule has 2 rings (SSSR count). The highest BCUT2D eigenvalue weighted by Gasteiger charge is 2.17. The molecule has 0 heterocycles. The van der Waals surface area contributed by atoms with E-state index in [4.69, 9.17) is 21.6 Å². The summed E-state index contributed by atoms with van der Waals surface area (Å²) in [5.74, 6) is -1.41. The van der Waals surface area contributed by atoms with E-state index < -0.39 is 24.3 Å². The summed E-state index contributed by atoms with van der Waals surface area (Å²) in [5.41, 5.74) is 0.434. The number of nitriles is 1. The molecule has 0 N–H and O–H groups in total. The van der Waals surface area contributed by atoms with Gasteiger partial charge in [0, 0.05) is 22.2 Å². The fraction of sp³-hybridized carbons (Fsp3) is 0.211. The number of halogens is 2. The van der Waals surface area contributed by atoms with E-state index in [9.17, 15) is 14.0 Å². The molecule has 0 aliphatic heterocycles. The summed E-state index contributed by atoms with van der Waals surface area (Å²) < 4.78 is 18.1. The van der Waals surface area contributed by atoms with Crippen molar-refractivity contribution >= 4 is 40.9 Å². The topological polar surface area (TPSA) is 70.4 Å². The molecule has 2 aromatic rings. The number of rotatable bonds is 8. The van der Waals surface area contributed by atoms with E-state index in [1.807, 2.05) is 6.07 Å². The van der Waals surface area contributed by atoms with Gasteiger partial charge in [-0.2, -0.15) is 5.26 Å². The van der Waals surface area contributed by atoms with Gasteiger partial charge in [-0.05, 0) is 48.5 Å². The molecule has 5 nitrogen and oxygen atoms in total. The lowest BCUT2D eigenvalue weighted by molar-refractivity contribution is -0.145. The average molecular weight is 407 g/mol. The maximum Gasteiger partial charge on any atom is 0.316 e. The smallest absolute Gasteiger partial charge is 0.316 e. The van der Waals surface area contributed by atoms with E-state index in [1.165, 1.54) is 40.9 Å². The van der Waals surface area contributed by atoms with Crippen molar-refractivity contribution in [2.24, 2.45) is 0 Å². The van der Waals surface area contributed by atoms with Crippen molar-refractivity contribution in [1.29, 1.82) is 5.26 Å². The quantitative estimate of drug-likeness (QED) is 0.488. The fourth-order valence-electron chi connectivity index (χ4n) is 2.12. The van der Waals surface area contributed by atoms with E-state index in [0.717, 1.165) is 4.90 Å². The van der Waals surface area contributed by atoms with E-state index in [0.29, 0.717) is 10.7 Å². The molecule has 0 saturated carbocycles. The van der Waals surface area contributed by atoms with Crippen LogP contribution < -0.4 is 4.90 Å². The highest BCUT2D eigenvalue weighted by Crippen LogP contribution is 2.20. The Hall–Kier alpha value is -2.56. The van der Waals surface area contributed by atoms with Gasteiger partial charge in [0.15, 0.2) is 6.61 Å². The zero-order chi connectivity index (χ0) is 19.6. The Bertz CT molecular complexity index is 822. The number of anilines is 1. The highest BCUT2D eigenvalue weighted by atomic mass is 35.5. The molecule has 0 fully saturated rings. The molecule has 140 valence electrons. The van der Waals surface area contributed by atoms with Crippen molar-refractivity contribution in [3.63, 3.8) is 0 Å². The second-order valence-corrected chi connectivity index (χ2v) is 6.82. The van der Waals surface area contributed by atoms with Gasteiger partial charge in [-0.15, -0.1) is 11.8 Å². The third-order valence-electron chi connectivity index (χ3n) is 3.41. The maximum absolute atomic E-state index is 13.1. The normalized spacial score (nSPS) is 10.1. The number of carbonyl (C=O) groups excluding carboxylic acids is 2. The van der Waals surface area contributed by atoms with E-state index >= 15 is 0 Å². The molecule has 1 amide bonds. The van der Waals surface area contributed by atoms with Crippen molar-refractivity contribution in [3.8, 4) is 6.07 Å². The first-order valence-electron chi connectivity index (χ1n) is 7.96. The SMILES string of the molecule is N#CCCN(C(=O)COC(=O)CSc1ccc(Cl)cc1)c1ccc(F)cc1. The molecule has 0 aromatic heterocycles. The Balaban J connectivity index is 1.88. The Kier molecular flexibility index (Phi) is 8.11. The van der Waals surface area contributed by atoms with Crippen molar-refractivity contribution in [2.45, 2.75) is 11.3 Å². The van der Waals surface area contributed by atoms with Crippen LogP contribution in [-0.2, 0) is 14.3 Å². The molecule has 0 bridgehead atoms. The summed E-state index contributed by atoms with van der Waals surface area (Å²) in [6.07, 6.45) is 0.101. The van der Waals surface area contributed by atoms with E-state index in [1.54, 1.807) is 24.3 Å². The number of thioether (sulfide) groups is 1. The van der Waals surface area contributed by atoms with Gasteiger partial charge in [0.05, 0.1) is 18.2 Å². The van der Waals surface area contributed by atoms with Crippen LogP contribution in [0.5, 0.6) is 0 Å². The van der Waals surface area contributed by atoms with Crippen molar-refractivity contribution < 1.29 is 18.7 Å². The Morgan fingerprint density at radius 3 is 2.44 bits per heavy atom. The van der Waals surface area contributed by atoms with E-state index in [2.05, 4.69) is 0 Å². The summed E-state index contributed by atoms with van der Waals surface area (Å²) in [6.45, 7) is -0.332. The zero-order valence-corrected chi connectivity index (χ0v) is 15.8. The third kappa shape index (κ3) is 6.93. The van der Waals surface area contributed by atoms with Gasteiger partial charge in [-0.1, -0.05) is 11.6 Å². The second-order valence-electron chi connectivity index (χ2n) is 5.33. The number of hydrogen-bond donors (Lipinski definition) is 0. The van der Waals surface area contributed by atoms with Gasteiger partial charge in [-0.25, -0.2) is 4.39 Å². The molecule has 2 aromatic carbocycles. The molecular weight excluding hydrogens is 391 g/mol. The van der Waals surface area contributed by atoms with Crippen LogP contribution in [0.25, 0.3) is 0 Å². The second kappa shape index (κ2) is 10.6. The monoisotopic (exact) mass is 406 g/mol. The number of esters is 1. The van der Waals surface area contributed by atoms with Crippen LogP contribution >= 0.6 is 23.4 Å². The third-order valence-corrected chi connectivity index (χ3v) is 4.65. The first-order chi connectivity index (χ1) is 13.0. The maximum atomic E-state index is 13.1. The first kappa shape index (κ1) is 20.7. The predicted molar refractivity (Wildman–Crippen MR) is 102 cm³/mol. The minimum atomic E-state index is -0.539. The molecule has 0 atom stereocenters. The van der Waals surface area contributed by atoms with Crippen LogP contribution in [0.4, 0.5) is 10.1 Å². The molecule has 8 heteroatoms. The van der Waals surface area contributed by atoms with Crippen LogP contribution in [0.15, 0.2) is 53.4 Å². The molecule has 0 aliphatic rings. The van der Waals surface area contributed by atoms with Gasteiger partial charge < -0.3 is 9.64 Å². The fourth-order valence-corrected chi connectivity index (χ4v) is 2.94.